The van der Waals surface area contributed by atoms with Crippen LogP contribution in [-0.4, -0.2) is 19.5 Å². The lowest BCUT2D eigenvalue weighted by Gasteiger charge is -2.09. The third-order valence-electron chi connectivity index (χ3n) is 5.73. The highest BCUT2D eigenvalue weighted by atomic mass is 16.5. The minimum absolute atomic E-state index is 0.580. The van der Waals surface area contributed by atoms with Crippen LogP contribution in [0.5, 0.6) is 11.6 Å². The summed E-state index contributed by atoms with van der Waals surface area (Å²) in [6, 6.07) is 26.9. The maximum Gasteiger partial charge on any atom is 0.219 e. The Labute approximate surface area is 191 Å². The third kappa shape index (κ3) is 3.49. The number of hydrogen-bond donors (Lipinski definition) is 0. The van der Waals surface area contributed by atoms with Crippen LogP contribution in [0.25, 0.3) is 38.8 Å². The minimum Gasteiger partial charge on any atom is -0.439 e. The topological polar surface area (TPSA) is 52.8 Å². The van der Waals surface area contributed by atoms with Gasteiger partial charge in [0.05, 0.1) is 17.2 Å². The third-order valence-corrected chi connectivity index (χ3v) is 5.73. The Kier molecular flexibility index (Phi) is 4.58. The lowest BCUT2D eigenvalue weighted by molar-refractivity contribution is 0.463. The molecule has 6 rings (SSSR count). The van der Waals surface area contributed by atoms with E-state index in [9.17, 15) is 0 Å². The molecule has 0 spiro atoms. The molecule has 0 aliphatic rings. The van der Waals surface area contributed by atoms with Crippen molar-refractivity contribution in [3.63, 3.8) is 0 Å². The van der Waals surface area contributed by atoms with E-state index in [0.717, 1.165) is 39.3 Å². The summed E-state index contributed by atoms with van der Waals surface area (Å²) < 4.78 is 8.15. The van der Waals surface area contributed by atoms with Crippen molar-refractivity contribution >= 4 is 21.8 Å². The molecule has 0 radical (unpaired) electrons. The van der Waals surface area contributed by atoms with Crippen LogP contribution in [0.15, 0.2) is 104 Å². The zero-order valence-corrected chi connectivity index (χ0v) is 18.0. The van der Waals surface area contributed by atoms with Gasteiger partial charge in [0.25, 0.3) is 0 Å². The minimum atomic E-state index is 0.580. The first-order valence-electron chi connectivity index (χ1n) is 10.8. The van der Waals surface area contributed by atoms with Gasteiger partial charge in [-0.1, -0.05) is 48.5 Å². The van der Waals surface area contributed by atoms with E-state index in [1.807, 2.05) is 37.3 Å². The highest BCUT2D eigenvalue weighted by Gasteiger charge is 2.14. The highest BCUT2D eigenvalue weighted by molar-refractivity contribution is 6.10. The maximum absolute atomic E-state index is 5.99. The lowest BCUT2D eigenvalue weighted by atomic mass is 10.0. The van der Waals surface area contributed by atoms with Crippen molar-refractivity contribution in [2.45, 2.75) is 6.92 Å². The number of rotatable bonds is 4. The van der Waals surface area contributed by atoms with E-state index in [4.69, 9.17) is 4.74 Å². The van der Waals surface area contributed by atoms with E-state index in [-0.39, 0.29) is 0 Å². The maximum atomic E-state index is 5.99. The summed E-state index contributed by atoms with van der Waals surface area (Å²) in [6.45, 7) is 2.01. The molecule has 3 aromatic carbocycles. The molecule has 0 amide bonds. The van der Waals surface area contributed by atoms with Crippen LogP contribution in [0.1, 0.15) is 5.56 Å². The molecule has 0 saturated carbocycles. The number of benzene rings is 3. The quantitative estimate of drug-likeness (QED) is 0.312. The number of para-hydroxylation sites is 1. The van der Waals surface area contributed by atoms with Crippen molar-refractivity contribution in [3.8, 4) is 28.6 Å². The first kappa shape index (κ1) is 19.2. The summed E-state index contributed by atoms with van der Waals surface area (Å²) in [5, 5.41) is 2.36. The monoisotopic (exact) mass is 428 g/mol. The molecule has 0 bridgehead atoms. The molecule has 0 aliphatic carbocycles. The summed E-state index contributed by atoms with van der Waals surface area (Å²) in [6.07, 6.45) is 7.01. The zero-order valence-electron chi connectivity index (χ0n) is 18.0. The SMILES string of the molecule is Cc1ccc(Oc2cccc(-c3ccc4c5ccccc5n(-c5cnccn5)c4c3)c2)nc1. The molecule has 0 saturated heterocycles. The van der Waals surface area contributed by atoms with E-state index < -0.39 is 0 Å². The molecule has 33 heavy (non-hydrogen) atoms. The summed E-state index contributed by atoms with van der Waals surface area (Å²) >= 11 is 0. The number of ether oxygens (including phenoxy) is 1. The van der Waals surface area contributed by atoms with E-state index in [0.29, 0.717) is 5.88 Å². The van der Waals surface area contributed by atoms with Crippen LogP contribution in [0.4, 0.5) is 0 Å². The average Bonchev–Trinajstić information content (AvgIpc) is 3.20. The van der Waals surface area contributed by atoms with Crippen LogP contribution in [0.3, 0.4) is 0 Å². The van der Waals surface area contributed by atoms with Gasteiger partial charge in [0.1, 0.15) is 5.75 Å². The predicted octanol–water partition coefficient (Wildman–Crippen LogP) is 6.74. The number of aromatic nitrogens is 4. The molecule has 0 N–H and O–H groups in total. The van der Waals surface area contributed by atoms with Crippen LogP contribution >= 0.6 is 0 Å². The highest BCUT2D eigenvalue weighted by Crippen LogP contribution is 2.35. The van der Waals surface area contributed by atoms with E-state index in [2.05, 4.69) is 68.0 Å². The molecular weight excluding hydrogens is 408 g/mol. The lowest BCUT2D eigenvalue weighted by Crippen LogP contribution is -1.97. The Morgan fingerprint density at radius 1 is 0.697 bits per heavy atom. The second-order valence-electron chi connectivity index (χ2n) is 7.95. The van der Waals surface area contributed by atoms with Crippen molar-refractivity contribution in [3.05, 3.63) is 109 Å². The number of hydrogen-bond acceptors (Lipinski definition) is 4. The number of nitrogens with zero attached hydrogens (tertiary/aromatic N) is 4. The summed E-state index contributed by atoms with van der Waals surface area (Å²) in [7, 11) is 0. The van der Waals surface area contributed by atoms with E-state index in [1.165, 1.54) is 10.8 Å². The van der Waals surface area contributed by atoms with Crippen LogP contribution in [0.2, 0.25) is 0 Å². The molecule has 5 nitrogen and oxygen atoms in total. The van der Waals surface area contributed by atoms with Crippen molar-refractivity contribution in [1.82, 2.24) is 19.5 Å². The number of fused-ring (bicyclic) bond motifs is 3. The Morgan fingerprint density at radius 3 is 2.42 bits per heavy atom. The first-order valence-corrected chi connectivity index (χ1v) is 10.8. The smallest absolute Gasteiger partial charge is 0.219 e. The van der Waals surface area contributed by atoms with Crippen LogP contribution < -0.4 is 4.74 Å². The Bertz CT molecular complexity index is 1590. The molecule has 0 fully saturated rings. The van der Waals surface area contributed by atoms with Crippen molar-refractivity contribution in [1.29, 1.82) is 0 Å². The Morgan fingerprint density at radius 2 is 1.58 bits per heavy atom. The van der Waals surface area contributed by atoms with Gasteiger partial charge in [-0.05, 0) is 47.9 Å². The van der Waals surface area contributed by atoms with Gasteiger partial charge in [-0.15, -0.1) is 0 Å². The standard InChI is InChI=1S/C28H20N4O/c1-19-9-12-28(31-17-19)33-22-6-4-5-20(15-22)21-10-11-24-23-7-2-3-8-25(23)32(26(24)16-21)27-18-29-13-14-30-27/h2-18H,1H3. The number of aryl methyl sites for hydroxylation is 1. The van der Waals surface area contributed by atoms with Gasteiger partial charge >= 0.3 is 0 Å². The largest absolute Gasteiger partial charge is 0.439 e. The fourth-order valence-electron chi connectivity index (χ4n) is 4.18. The summed E-state index contributed by atoms with van der Waals surface area (Å²) in [5.74, 6) is 2.12. The molecule has 3 heterocycles. The first-order chi connectivity index (χ1) is 16.3. The molecule has 5 heteroatoms. The predicted molar refractivity (Wildman–Crippen MR) is 131 cm³/mol. The summed E-state index contributed by atoms with van der Waals surface area (Å²) in [4.78, 5) is 13.2. The average molecular weight is 428 g/mol. The van der Waals surface area contributed by atoms with Crippen molar-refractivity contribution in [2.75, 3.05) is 0 Å². The van der Waals surface area contributed by atoms with Gasteiger partial charge in [0, 0.05) is 35.4 Å². The fourth-order valence-corrected chi connectivity index (χ4v) is 4.18. The van der Waals surface area contributed by atoms with Gasteiger partial charge in [0.15, 0.2) is 5.82 Å². The van der Waals surface area contributed by atoms with Crippen molar-refractivity contribution in [2.24, 2.45) is 0 Å². The number of pyridine rings is 1. The fraction of sp³-hybridized carbons (Fsp3) is 0.0357. The molecule has 0 atom stereocenters. The van der Waals surface area contributed by atoms with Gasteiger partial charge < -0.3 is 4.74 Å². The molecule has 158 valence electrons. The van der Waals surface area contributed by atoms with Gasteiger partial charge in [-0.25, -0.2) is 9.97 Å². The van der Waals surface area contributed by atoms with E-state index in [1.54, 1.807) is 24.8 Å². The summed E-state index contributed by atoms with van der Waals surface area (Å²) in [5.41, 5.74) is 5.45. The van der Waals surface area contributed by atoms with Gasteiger partial charge in [-0.3, -0.25) is 9.55 Å². The molecule has 3 aromatic heterocycles. The van der Waals surface area contributed by atoms with Crippen molar-refractivity contribution < 1.29 is 4.74 Å². The van der Waals surface area contributed by atoms with Gasteiger partial charge in [0.2, 0.25) is 5.88 Å². The Balaban J connectivity index is 1.48. The van der Waals surface area contributed by atoms with Crippen LogP contribution in [0, 0.1) is 6.92 Å². The second-order valence-corrected chi connectivity index (χ2v) is 7.95. The normalized spacial score (nSPS) is 11.2. The molecule has 6 aromatic rings. The molecule has 0 aliphatic heterocycles. The molecular formula is C28H20N4O. The van der Waals surface area contributed by atoms with Crippen LogP contribution in [-0.2, 0) is 0 Å². The van der Waals surface area contributed by atoms with Gasteiger partial charge in [-0.2, -0.15) is 0 Å². The molecule has 0 unspecified atom stereocenters. The Hall–Kier alpha value is -4.51. The van der Waals surface area contributed by atoms with E-state index >= 15 is 0 Å². The zero-order chi connectivity index (χ0) is 22.2. The second kappa shape index (κ2) is 7.88.